The second-order valence-corrected chi connectivity index (χ2v) is 6.68. The lowest BCUT2D eigenvalue weighted by Crippen LogP contribution is -2.31. The van der Waals surface area contributed by atoms with E-state index in [1.165, 1.54) is 0 Å². The van der Waals surface area contributed by atoms with E-state index in [2.05, 4.69) is 4.72 Å². The number of sulfonamides is 1. The van der Waals surface area contributed by atoms with Crippen molar-refractivity contribution in [1.29, 1.82) is 0 Å². The summed E-state index contributed by atoms with van der Waals surface area (Å²) in [7, 11) is -3.69. The van der Waals surface area contributed by atoms with Gasteiger partial charge in [-0.25, -0.2) is 13.1 Å². The molecule has 0 heterocycles. The molecule has 5 heteroatoms. The number of rotatable bonds is 5. The van der Waals surface area contributed by atoms with E-state index in [-0.39, 0.29) is 6.42 Å². The van der Waals surface area contributed by atoms with Crippen LogP contribution in [0.15, 0.2) is 29.2 Å². The molecular formula is C15H19NO3S. The fraction of sp³-hybridized carbons (Fsp3) is 0.400. The van der Waals surface area contributed by atoms with Gasteiger partial charge in [-0.05, 0) is 36.5 Å². The predicted molar refractivity (Wildman–Crippen MR) is 79.3 cm³/mol. The van der Waals surface area contributed by atoms with Gasteiger partial charge in [-0.15, -0.1) is 0 Å². The number of allylic oxidation sites excluding steroid dienone is 1. The van der Waals surface area contributed by atoms with Crippen LogP contribution in [0.1, 0.15) is 43.7 Å². The molecule has 0 radical (unpaired) electrons. The van der Waals surface area contributed by atoms with E-state index >= 15 is 0 Å². The monoisotopic (exact) mass is 293 g/mol. The van der Waals surface area contributed by atoms with Gasteiger partial charge >= 0.3 is 0 Å². The highest BCUT2D eigenvalue weighted by atomic mass is 32.2. The van der Waals surface area contributed by atoms with Gasteiger partial charge in [-0.3, -0.25) is 4.79 Å². The van der Waals surface area contributed by atoms with Gasteiger partial charge in [0.2, 0.25) is 5.91 Å². The van der Waals surface area contributed by atoms with Gasteiger partial charge < -0.3 is 0 Å². The lowest BCUT2D eigenvalue weighted by molar-refractivity contribution is -0.119. The van der Waals surface area contributed by atoms with Crippen molar-refractivity contribution < 1.29 is 13.2 Å². The minimum atomic E-state index is -3.69. The number of benzene rings is 1. The molecule has 1 aliphatic rings. The van der Waals surface area contributed by atoms with E-state index < -0.39 is 15.9 Å². The minimum Gasteiger partial charge on any atom is -0.274 e. The van der Waals surface area contributed by atoms with E-state index in [0.717, 1.165) is 17.5 Å². The first-order valence-electron chi connectivity index (χ1n) is 6.87. The topological polar surface area (TPSA) is 63.2 Å². The summed E-state index contributed by atoms with van der Waals surface area (Å²) in [5.74, 6) is -0.424. The van der Waals surface area contributed by atoms with Crippen molar-refractivity contribution in [3.63, 3.8) is 0 Å². The van der Waals surface area contributed by atoms with Gasteiger partial charge in [0, 0.05) is 6.42 Å². The zero-order valence-corrected chi connectivity index (χ0v) is 12.4. The molecule has 20 heavy (non-hydrogen) atoms. The van der Waals surface area contributed by atoms with Crippen LogP contribution in [0.3, 0.4) is 0 Å². The van der Waals surface area contributed by atoms with E-state index in [1.807, 2.05) is 31.2 Å². The Morgan fingerprint density at radius 3 is 2.75 bits per heavy atom. The summed E-state index contributed by atoms with van der Waals surface area (Å²) in [5, 5.41) is 0. The Kier molecular flexibility index (Phi) is 4.60. The van der Waals surface area contributed by atoms with Crippen LogP contribution in [0.4, 0.5) is 0 Å². The van der Waals surface area contributed by atoms with Crippen LogP contribution in [0.2, 0.25) is 0 Å². The summed E-state index contributed by atoms with van der Waals surface area (Å²) in [6.45, 7) is 1.96. The molecule has 0 aliphatic heterocycles. The highest BCUT2D eigenvalue weighted by molar-refractivity contribution is 7.94. The summed E-state index contributed by atoms with van der Waals surface area (Å²) < 4.78 is 26.5. The average Bonchev–Trinajstić information content (AvgIpc) is 2.44. The van der Waals surface area contributed by atoms with Crippen LogP contribution in [-0.2, 0) is 21.2 Å². The second-order valence-electron chi connectivity index (χ2n) is 4.94. The quantitative estimate of drug-likeness (QED) is 0.907. The third-order valence-electron chi connectivity index (χ3n) is 3.36. The van der Waals surface area contributed by atoms with E-state index in [9.17, 15) is 13.2 Å². The van der Waals surface area contributed by atoms with Crippen molar-refractivity contribution >= 4 is 22.0 Å². The Morgan fingerprint density at radius 1 is 1.25 bits per heavy atom. The van der Waals surface area contributed by atoms with Crippen molar-refractivity contribution in [2.45, 2.75) is 39.0 Å². The Labute approximate surface area is 119 Å². The van der Waals surface area contributed by atoms with Crippen molar-refractivity contribution in [3.8, 4) is 0 Å². The van der Waals surface area contributed by atoms with Crippen LogP contribution in [0.25, 0.3) is 6.08 Å². The molecular weight excluding hydrogens is 274 g/mol. The Morgan fingerprint density at radius 2 is 2.00 bits per heavy atom. The molecule has 0 atom stereocenters. The molecule has 0 spiro atoms. The molecule has 0 saturated heterocycles. The molecule has 0 fully saturated rings. The second kappa shape index (κ2) is 6.22. The maximum absolute atomic E-state index is 12.2. The fourth-order valence-electron chi connectivity index (χ4n) is 2.22. The lowest BCUT2D eigenvalue weighted by atomic mass is 9.98. The third kappa shape index (κ3) is 3.48. The van der Waals surface area contributed by atoms with Crippen molar-refractivity contribution in [2.75, 3.05) is 0 Å². The SMILES string of the molecule is CCCCC(=O)NS(=O)(=O)C1=Cc2ccccc2CC1. The molecule has 1 aromatic carbocycles. The van der Waals surface area contributed by atoms with Crippen LogP contribution >= 0.6 is 0 Å². The molecule has 4 nitrogen and oxygen atoms in total. The zero-order chi connectivity index (χ0) is 14.6. The van der Waals surface area contributed by atoms with Crippen LogP contribution in [-0.4, -0.2) is 14.3 Å². The van der Waals surface area contributed by atoms with Gasteiger partial charge in [-0.1, -0.05) is 37.6 Å². The number of hydrogen-bond acceptors (Lipinski definition) is 3. The molecule has 1 amide bonds. The summed E-state index contributed by atoms with van der Waals surface area (Å²) in [5.41, 5.74) is 2.06. The Balaban J connectivity index is 2.15. The number of nitrogens with one attached hydrogen (secondary N) is 1. The van der Waals surface area contributed by atoms with Gasteiger partial charge in [0.25, 0.3) is 10.0 Å². The molecule has 1 N–H and O–H groups in total. The number of carbonyl (C=O) groups excluding carboxylic acids is 1. The highest BCUT2D eigenvalue weighted by Gasteiger charge is 2.23. The first kappa shape index (κ1) is 14.8. The molecule has 0 saturated carbocycles. The molecule has 0 unspecified atom stereocenters. The van der Waals surface area contributed by atoms with E-state index in [4.69, 9.17) is 0 Å². The summed E-state index contributed by atoms with van der Waals surface area (Å²) in [6.07, 6.45) is 4.60. The molecule has 0 aromatic heterocycles. The van der Waals surface area contributed by atoms with Gasteiger partial charge in [0.1, 0.15) is 0 Å². The lowest BCUT2D eigenvalue weighted by Gasteiger charge is -2.16. The number of amides is 1. The summed E-state index contributed by atoms with van der Waals surface area (Å²) in [4.78, 5) is 11.9. The van der Waals surface area contributed by atoms with Crippen LogP contribution in [0.5, 0.6) is 0 Å². The number of aryl methyl sites for hydroxylation is 1. The number of unbranched alkanes of at least 4 members (excludes halogenated alkanes) is 1. The maximum Gasteiger partial charge on any atom is 0.260 e. The van der Waals surface area contributed by atoms with Gasteiger partial charge in [0.05, 0.1) is 4.91 Å². The van der Waals surface area contributed by atoms with Crippen LogP contribution < -0.4 is 4.72 Å². The largest absolute Gasteiger partial charge is 0.274 e. The van der Waals surface area contributed by atoms with Crippen LogP contribution in [0, 0.1) is 0 Å². The predicted octanol–water partition coefficient (Wildman–Crippen LogP) is 2.61. The minimum absolute atomic E-state index is 0.250. The van der Waals surface area contributed by atoms with E-state index in [1.54, 1.807) is 6.08 Å². The van der Waals surface area contributed by atoms with Gasteiger partial charge in [0.15, 0.2) is 0 Å². The first-order valence-corrected chi connectivity index (χ1v) is 8.35. The standard InChI is InChI=1S/C15H19NO3S/c1-2-3-8-15(17)16-20(18,19)14-10-9-12-6-4-5-7-13(12)11-14/h4-7,11H,2-3,8-10H2,1H3,(H,16,17). The van der Waals surface area contributed by atoms with Gasteiger partial charge in [-0.2, -0.15) is 0 Å². The maximum atomic E-state index is 12.2. The Hall–Kier alpha value is -1.62. The highest BCUT2D eigenvalue weighted by Crippen LogP contribution is 2.26. The average molecular weight is 293 g/mol. The summed E-state index contributed by atoms with van der Waals surface area (Å²) in [6, 6.07) is 7.71. The number of fused-ring (bicyclic) bond motifs is 1. The zero-order valence-electron chi connectivity index (χ0n) is 11.6. The first-order chi connectivity index (χ1) is 9.53. The van der Waals surface area contributed by atoms with Crippen molar-refractivity contribution in [2.24, 2.45) is 0 Å². The smallest absolute Gasteiger partial charge is 0.260 e. The third-order valence-corrected chi connectivity index (χ3v) is 4.87. The molecule has 1 aliphatic carbocycles. The Bertz CT molecular complexity index is 632. The van der Waals surface area contributed by atoms with E-state index in [0.29, 0.717) is 24.2 Å². The normalized spacial score (nSPS) is 14.3. The number of carbonyl (C=O) groups is 1. The van der Waals surface area contributed by atoms with Crippen molar-refractivity contribution in [3.05, 3.63) is 40.3 Å². The summed E-state index contributed by atoms with van der Waals surface area (Å²) >= 11 is 0. The number of hydrogen-bond donors (Lipinski definition) is 1. The van der Waals surface area contributed by atoms with Crippen molar-refractivity contribution in [1.82, 2.24) is 4.72 Å². The fourth-order valence-corrected chi connectivity index (χ4v) is 3.41. The molecule has 108 valence electrons. The molecule has 2 rings (SSSR count). The molecule has 0 bridgehead atoms. The molecule has 1 aromatic rings.